The van der Waals surface area contributed by atoms with Crippen molar-refractivity contribution in [3.05, 3.63) is 59.9 Å². The molecule has 4 rings (SSSR count). The largest absolute Gasteiger partial charge is 0.362 e. The van der Waals surface area contributed by atoms with Gasteiger partial charge >= 0.3 is 0 Å². The first-order valence-corrected chi connectivity index (χ1v) is 11.3. The lowest BCUT2D eigenvalue weighted by molar-refractivity contribution is -0.130. The van der Waals surface area contributed by atoms with Gasteiger partial charge in [-0.1, -0.05) is 18.2 Å². The molecule has 1 amide bonds. The first kappa shape index (κ1) is 19.8. The monoisotopic (exact) mass is 417 g/mol. The average molecular weight is 418 g/mol. The predicted molar refractivity (Wildman–Crippen MR) is 109 cm³/mol. The number of para-hydroxylation sites is 1. The smallest absolute Gasteiger partial charge is 0.243 e. The van der Waals surface area contributed by atoms with Crippen molar-refractivity contribution in [1.29, 1.82) is 0 Å². The van der Waals surface area contributed by atoms with Crippen molar-refractivity contribution in [3.63, 3.8) is 0 Å². The Morgan fingerprint density at radius 2 is 1.62 bits per heavy atom. The number of rotatable bonds is 4. The van der Waals surface area contributed by atoms with Crippen molar-refractivity contribution >= 4 is 21.6 Å². The van der Waals surface area contributed by atoms with E-state index < -0.39 is 15.8 Å². The third kappa shape index (κ3) is 4.13. The molecule has 154 valence electrons. The molecule has 8 heteroatoms. The number of nitrogens with zero attached hydrogens (tertiary/aromatic N) is 3. The fourth-order valence-corrected chi connectivity index (χ4v) is 5.39. The van der Waals surface area contributed by atoms with Gasteiger partial charge in [-0.2, -0.15) is 4.31 Å². The number of hydrogen-bond donors (Lipinski definition) is 0. The van der Waals surface area contributed by atoms with Gasteiger partial charge in [0.25, 0.3) is 0 Å². The SMILES string of the molecule is O=C(CN1CCCc2ccccc21)N1CCN(S(=O)(=O)c2ccc(F)cc2)CC1. The maximum atomic E-state index is 13.1. The van der Waals surface area contributed by atoms with E-state index in [1.54, 1.807) is 4.90 Å². The molecule has 0 saturated carbocycles. The van der Waals surface area contributed by atoms with Crippen molar-refractivity contribution in [1.82, 2.24) is 9.21 Å². The van der Waals surface area contributed by atoms with Gasteiger partial charge in [-0.05, 0) is 48.7 Å². The predicted octanol–water partition coefficient (Wildman–Crippen LogP) is 2.11. The summed E-state index contributed by atoms with van der Waals surface area (Å²) < 4.78 is 39.9. The van der Waals surface area contributed by atoms with Gasteiger partial charge in [-0.25, -0.2) is 12.8 Å². The maximum absolute atomic E-state index is 13.1. The van der Waals surface area contributed by atoms with E-state index in [1.165, 1.54) is 22.0 Å². The van der Waals surface area contributed by atoms with Gasteiger partial charge in [0.05, 0.1) is 11.4 Å². The van der Waals surface area contributed by atoms with Gasteiger partial charge in [0, 0.05) is 38.4 Å². The molecule has 2 aromatic rings. The zero-order valence-corrected chi connectivity index (χ0v) is 16.9. The van der Waals surface area contributed by atoms with Crippen LogP contribution in [0.3, 0.4) is 0 Å². The molecule has 0 bridgehead atoms. The van der Waals surface area contributed by atoms with E-state index in [1.807, 2.05) is 12.1 Å². The molecule has 0 aromatic heterocycles. The molecule has 1 saturated heterocycles. The molecule has 0 N–H and O–H groups in total. The van der Waals surface area contributed by atoms with E-state index in [0.717, 1.165) is 37.2 Å². The van der Waals surface area contributed by atoms with Crippen molar-refractivity contribution < 1.29 is 17.6 Å². The highest BCUT2D eigenvalue weighted by Gasteiger charge is 2.31. The summed E-state index contributed by atoms with van der Waals surface area (Å²) in [7, 11) is -3.68. The van der Waals surface area contributed by atoms with Gasteiger partial charge in [-0.15, -0.1) is 0 Å². The molecule has 0 spiro atoms. The quantitative estimate of drug-likeness (QED) is 0.765. The Morgan fingerprint density at radius 3 is 2.34 bits per heavy atom. The zero-order chi connectivity index (χ0) is 20.4. The molecule has 6 nitrogen and oxygen atoms in total. The topological polar surface area (TPSA) is 60.9 Å². The third-order valence-electron chi connectivity index (χ3n) is 5.58. The van der Waals surface area contributed by atoms with Crippen LogP contribution in [0.4, 0.5) is 10.1 Å². The number of sulfonamides is 1. The summed E-state index contributed by atoms with van der Waals surface area (Å²) in [5, 5.41) is 0. The highest BCUT2D eigenvalue weighted by atomic mass is 32.2. The van der Waals surface area contributed by atoms with Crippen LogP contribution in [-0.2, 0) is 21.2 Å². The molecular weight excluding hydrogens is 393 g/mol. The molecule has 2 aromatic carbocycles. The standard InChI is InChI=1S/C21H24FN3O3S/c22-18-7-9-19(10-8-18)29(27,28)25-14-12-23(13-15-25)21(26)16-24-11-3-5-17-4-1-2-6-20(17)24/h1-2,4,6-10H,3,5,11-16H2. The Hall–Kier alpha value is -2.45. The zero-order valence-electron chi connectivity index (χ0n) is 16.1. The molecule has 2 heterocycles. The molecule has 29 heavy (non-hydrogen) atoms. The summed E-state index contributed by atoms with van der Waals surface area (Å²) in [6.07, 6.45) is 2.05. The Kier molecular flexibility index (Phi) is 5.56. The number of amides is 1. The summed E-state index contributed by atoms with van der Waals surface area (Å²) in [4.78, 5) is 16.7. The lowest BCUT2D eigenvalue weighted by Crippen LogP contribution is -2.52. The molecule has 2 aliphatic heterocycles. The van der Waals surface area contributed by atoms with Crippen LogP contribution in [0.15, 0.2) is 53.4 Å². The number of piperazine rings is 1. The number of carbonyl (C=O) groups excluding carboxylic acids is 1. The van der Waals surface area contributed by atoms with E-state index in [0.29, 0.717) is 19.6 Å². The summed E-state index contributed by atoms with van der Waals surface area (Å²) in [6.45, 7) is 2.34. The summed E-state index contributed by atoms with van der Waals surface area (Å²) in [5.41, 5.74) is 2.38. The lowest BCUT2D eigenvalue weighted by Gasteiger charge is -2.36. The number of fused-ring (bicyclic) bond motifs is 1. The Labute approximate surface area is 170 Å². The first-order valence-electron chi connectivity index (χ1n) is 9.81. The van der Waals surface area contributed by atoms with Crippen molar-refractivity contribution in [2.24, 2.45) is 0 Å². The molecule has 0 aliphatic carbocycles. The van der Waals surface area contributed by atoms with Crippen LogP contribution in [-0.4, -0.2) is 62.8 Å². The van der Waals surface area contributed by atoms with Crippen LogP contribution in [0.5, 0.6) is 0 Å². The van der Waals surface area contributed by atoms with Crippen LogP contribution in [0, 0.1) is 5.82 Å². The van der Waals surface area contributed by atoms with Crippen molar-refractivity contribution in [3.8, 4) is 0 Å². The Bertz CT molecular complexity index is 986. The Morgan fingerprint density at radius 1 is 0.931 bits per heavy atom. The van der Waals surface area contributed by atoms with Gasteiger partial charge in [0.15, 0.2) is 0 Å². The minimum absolute atomic E-state index is 0.0144. The van der Waals surface area contributed by atoms with Crippen LogP contribution in [0.25, 0.3) is 0 Å². The van der Waals surface area contributed by atoms with Gasteiger partial charge < -0.3 is 9.80 Å². The van der Waals surface area contributed by atoms with E-state index in [-0.39, 0.29) is 23.9 Å². The van der Waals surface area contributed by atoms with E-state index >= 15 is 0 Å². The van der Waals surface area contributed by atoms with Gasteiger partial charge in [0.2, 0.25) is 15.9 Å². The second-order valence-electron chi connectivity index (χ2n) is 7.39. The van der Waals surface area contributed by atoms with E-state index in [9.17, 15) is 17.6 Å². The van der Waals surface area contributed by atoms with Crippen molar-refractivity contribution in [2.45, 2.75) is 17.7 Å². The average Bonchev–Trinajstić information content (AvgIpc) is 2.74. The minimum Gasteiger partial charge on any atom is -0.362 e. The highest BCUT2D eigenvalue weighted by Crippen LogP contribution is 2.26. The van der Waals surface area contributed by atoms with E-state index in [2.05, 4.69) is 17.0 Å². The van der Waals surface area contributed by atoms with E-state index in [4.69, 9.17) is 0 Å². The molecule has 0 atom stereocenters. The number of benzene rings is 2. The maximum Gasteiger partial charge on any atom is 0.243 e. The molecule has 2 aliphatic rings. The van der Waals surface area contributed by atoms with Crippen LogP contribution >= 0.6 is 0 Å². The third-order valence-corrected chi connectivity index (χ3v) is 7.49. The van der Waals surface area contributed by atoms with Crippen LogP contribution in [0.1, 0.15) is 12.0 Å². The lowest BCUT2D eigenvalue weighted by atomic mass is 10.0. The van der Waals surface area contributed by atoms with Crippen molar-refractivity contribution in [2.75, 3.05) is 44.2 Å². The molecule has 0 unspecified atom stereocenters. The fourth-order valence-electron chi connectivity index (χ4n) is 3.97. The number of aryl methyl sites for hydroxylation is 1. The summed E-state index contributed by atoms with van der Waals surface area (Å²) in [5.74, 6) is -0.459. The number of hydrogen-bond acceptors (Lipinski definition) is 4. The minimum atomic E-state index is -3.68. The normalized spacial score (nSPS) is 17.8. The Balaban J connectivity index is 1.37. The van der Waals surface area contributed by atoms with Crippen LogP contribution < -0.4 is 4.90 Å². The van der Waals surface area contributed by atoms with Gasteiger partial charge in [0.1, 0.15) is 5.82 Å². The second-order valence-corrected chi connectivity index (χ2v) is 9.33. The number of halogens is 1. The molecule has 0 radical (unpaired) electrons. The second kappa shape index (κ2) is 8.12. The fraction of sp³-hybridized carbons (Fsp3) is 0.381. The highest BCUT2D eigenvalue weighted by molar-refractivity contribution is 7.89. The van der Waals surface area contributed by atoms with Gasteiger partial charge in [-0.3, -0.25) is 4.79 Å². The number of anilines is 1. The van der Waals surface area contributed by atoms with Crippen LogP contribution in [0.2, 0.25) is 0 Å². The molecular formula is C21H24FN3O3S. The summed E-state index contributed by atoms with van der Waals surface area (Å²) in [6, 6.07) is 13.0. The molecule has 1 fully saturated rings. The first-order chi connectivity index (χ1) is 13.9. The number of carbonyl (C=O) groups is 1. The summed E-state index contributed by atoms with van der Waals surface area (Å²) >= 11 is 0.